The van der Waals surface area contributed by atoms with Crippen LogP contribution in [-0.4, -0.2) is 36.1 Å². The Balaban J connectivity index is 1.41. The lowest BCUT2D eigenvalue weighted by molar-refractivity contribution is -0.746. The molecule has 0 N–H and O–H groups in total. The largest absolute Gasteiger partial charge is 0.465 e. The first kappa shape index (κ1) is 16.7. The van der Waals surface area contributed by atoms with E-state index < -0.39 is 0 Å². The van der Waals surface area contributed by atoms with Crippen LogP contribution in [-0.2, 0) is 4.74 Å². The molecule has 0 bridgehead atoms. The predicted octanol–water partition coefficient (Wildman–Crippen LogP) is 4.12. The van der Waals surface area contributed by atoms with Crippen LogP contribution < -0.4 is 9.75 Å². The summed E-state index contributed by atoms with van der Waals surface area (Å²) >= 11 is 0. The molecule has 140 valence electrons. The number of ether oxygens (including phenoxy) is 2. The Morgan fingerprint density at radius 1 is 1.04 bits per heavy atom. The zero-order valence-electron chi connectivity index (χ0n) is 15.4. The summed E-state index contributed by atoms with van der Waals surface area (Å²) in [6.45, 7) is 0.792. The number of anilines is 1. The number of nitrogens with zero attached hydrogens (tertiary/aromatic N) is 4. The van der Waals surface area contributed by atoms with E-state index in [1.54, 1.807) is 0 Å². The Morgan fingerprint density at radius 3 is 2.67 bits per heavy atom. The van der Waals surface area contributed by atoms with E-state index in [1.165, 1.54) is 25.7 Å². The first-order chi connectivity index (χ1) is 13.4. The number of allylic oxidation sites excluding steroid dienone is 1. The molecular formula is C21H25N4O2+. The second kappa shape index (κ2) is 6.94. The Bertz CT molecular complexity index is 804. The van der Waals surface area contributed by atoms with Crippen LogP contribution in [0.5, 0.6) is 5.75 Å². The van der Waals surface area contributed by atoms with E-state index in [-0.39, 0.29) is 6.29 Å². The molecule has 27 heavy (non-hydrogen) atoms. The fraction of sp³-hybridized carbons (Fsp3) is 0.429. The van der Waals surface area contributed by atoms with Gasteiger partial charge in [0.25, 0.3) is 0 Å². The SMILES string of the molecule is C1=C[N+]2(N(c3ccc(OC4CCCCO4)cc3)C3CCC3)C=NC=C2C=N1. The van der Waals surface area contributed by atoms with Crippen molar-refractivity contribution in [3.8, 4) is 5.75 Å². The summed E-state index contributed by atoms with van der Waals surface area (Å²) in [5.74, 6) is 0.862. The Hall–Kier alpha value is -2.44. The molecular weight excluding hydrogens is 340 g/mol. The van der Waals surface area contributed by atoms with Gasteiger partial charge in [0.15, 0.2) is 12.5 Å². The minimum Gasteiger partial charge on any atom is -0.465 e. The normalized spacial score (nSPS) is 29.2. The molecule has 2 atom stereocenters. The number of benzene rings is 1. The molecule has 3 aliphatic heterocycles. The predicted molar refractivity (Wildman–Crippen MR) is 105 cm³/mol. The summed E-state index contributed by atoms with van der Waals surface area (Å²) in [4.78, 5) is 8.74. The summed E-state index contributed by atoms with van der Waals surface area (Å²) in [6.07, 6.45) is 16.5. The standard InChI is InChI=1S/C21H25N4O2/c1-2-13-26-21(6-1)27-20-9-7-18(8-10-20)24(17-4-3-5-17)25-12-11-22-14-19(25)15-23-16-25/h7-12,14-17,21H,1-6,13H2/q+1. The van der Waals surface area contributed by atoms with Gasteiger partial charge in [-0.1, -0.05) is 0 Å². The topological polar surface area (TPSA) is 46.4 Å². The van der Waals surface area contributed by atoms with Gasteiger partial charge in [0.2, 0.25) is 12.0 Å². The van der Waals surface area contributed by atoms with Gasteiger partial charge in [-0.3, -0.25) is 4.99 Å². The van der Waals surface area contributed by atoms with Crippen LogP contribution in [0.1, 0.15) is 38.5 Å². The van der Waals surface area contributed by atoms with Crippen LogP contribution in [0.2, 0.25) is 0 Å². The van der Waals surface area contributed by atoms with Crippen LogP contribution in [0.4, 0.5) is 5.69 Å². The molecule has 1 aromatic rings. The molecule has 0 aromatic heterocycles. The van der Waals surface area contributed by atoms with Crippen molar-refractivity contribution in [2.45, 2.75) is 50.9 Å². The highest BCUT2D eigenvalue weighted by molar-refractivity contribution is 5.82. The van der Waals surface area contributed by atoms with E-state index in [0.29, 0.717) is 10.6 Å². The van der Waals surface area contributed by atoms with E-state index in [9.17, 15) is 0 Å². The average molecular weight is 365 g/mol. The van der Waals surface area contributed by atoms with Crippen molar-refractivity contribution in [1.82, 2.24) is 0 Å². The summed E-state index contributed by atoms with van der Waals surface area (Å²) in [6, 6.07) is 8.88. The molecule has 2 fully saturated rings. The van der Waals surface area contributed by atoms with Gasteiger partial charge in [0.05, 0.1) is 37.0 Å². The fourth-order valence-corrected chi connectivity index (χ4v) is 4.07. The van der Waals surface area contributed by atoms with Crippen LogP contribution >= 0.6 is 0 Å². The molecule has 0 spiro atoms. The van der Waals surface area contributed by atoms with Crippen molar-refractivity contribution >= 4 is 18.2 Å². The van der Waals surface area contributed by atoms with Gasteiger partial charge in [-0.25, -0.2) is 10.0 Å². The van der Waals surface area contributed by atoms with Crippen LogP contribution in [0.3, 0.4) is 0 Å². The van der Waals surface area contributed by atoms with E-state index in [0.717, 1.165) is 36.6 Å². The fourth-order valence-electron chi connectivity index (χ4n) is 4.07. The van der Waals surface area contributed by atoms with Crippen molar-refractivity contribution in [1.29, 1.82) is 0 Å². The van der Waals surface area contributed by atoms with Crippen LogP contribution in [0, 0.1) is 0 Å². The number of hydrogen-bond acceptors (Lipinski definition) is 5. The third-order valence-corrected chi connectivity index (χ3v) is 5.73. The smallest absolute Gasteiger partial charge is 0.225 e. The third-order valence-electron chi connectivity index (χ3n) is 5.73. The van der Waals surface area contributed by atoms with E-state index in [4.69, 9.17) is 9.47 Å². The van der Waals surface area contributed by atoms with Crippen molar-refractivity contribution < 1.29 is 14.1 Å². The molecule has 1 aliphatic carbocycles. The molecule has 0 amide bonds. The van der Waals surface area contributed by atoms with Crippen molar-refractivity contribution in [3.05, 3.63) is 48.6 Å². The zero-order chi connectivity index (χ0) is 18.1. The lowest BCUT2D eigenvalue weighted by Gasteiger charge is -2.46. The van der Waals surface area contributed by atoms with E-state index >= 15 is 0 Å². The van der Waals surface area contributed by atoms with E-state index in [2.05, 4.69) is 45.5 Å². The minimum atomic E-state index is -0.115. The molecule has 3 heterocycles. The number of fused-ring (bicyclic) bond motifs is 1. The van der Waals surface area contributed by atoms with Crippen LogP contribution in [0.15, 0.2) is 58.5 Å². The Morgan fingerprint density at radius 2 is 1.93 bits per heavy atom. The van der Waals surface area contributed by atoms with E-state index in [1.807, 2.05) is 25.0 Å². The quantitative estimate of drug-likeness (QED) is 0.738. The number of aliphatic imine (C=N–C) groups is 2. The summed E-state index contributed by atoms with van der Waals surface area (Å²) in [7, 11) is 0. The Labute approximate surface area is 159 Å². The van der Waals surface area contributed by atoms with Gasteiger partial charge in [0.1, 0.15) is 5.75 Å². The minimum absolute atomic E-state index is 0.115. The summed E-state index contributed by atoms with van der Waals surface area (Å²) in [5, 5.41) is 2.44. The second-order valence-corrected chi connectivity index (χ2v) is 7.47. The lowest BCUT2D eigenvalue weighted by atomic mass is 9.92. The monoisotopic (exact) mass is 365 g/mol. The first-order valence-electron chi connectivity index (χ1n) is 9.88. The first-order valence-corrected chi connectivity index (χ1v) is 9.88. The van der Waals surface area contributed by atoms with Gasteiger partial charge >= 0.3 is 0 Å². The number of rotatable bonds is 5. The Kier molecular flexibility index (Phi) is 4.30. The van der Waals surface area contributed by atoms with Crippen molar-refractivity contribution in [3.63, 3.8) is 0 Å². The lowest BCUT2D eigenvalue weighted by Crippen LogP contribution is -2.61. The summed E-state index contributed by atoms with van der Waals surface area (Å²) < 4.78 is 12.2. The maximum atomic E-state index is 6.00. The average Bonchev–Trinajstić information content (AvgIpc) is 3.11. The molecule has 4 aliphatic rings. The van der Waals surface area contributed by atoms with Crippen LogP contribution in [0.25, 0.3) is 0 Å². The van der Waals surface area contributed by atoms with Crippen molar-refractivity contribution in [2.24, 2.45) is 9.98 Å². The molecule has 1 saturated heterocycles. The molecule has 0 radical (unpaired) electrons. The van der Waals surface area contributed by atoms with Crippen molar-refractivity contribution in [2.75, 3.05) is 11.6 Å². The van der Waals surface area contributed by atoms with Gasteiger partial charge < -0.3 is 9.47 Å². The molecule has 2 unspecified atom stereocenters. The van der Waals surface area contributed by atoms with Gasteiger partial charge in [-0.05, 0) is 56.4 Å². The zero-order valence-corrected chi connectivity index (χ0v) is 15.4. The van der Waals surface area contributed by atoms with Gasteiger partial charge in [-0.15, -0.1) is 4.59 Å². The van der Waals surface area contributed by atoms with Gasteiger partial charge in [-0.2, -0.15) is 0 Å². The molecule has 1 saturated carbocycles. The number of quaternary nitrogens is 1. The second-order valence-electron chi connectivity index (χ2n) is 7.47. The third kappa shape index (κ3) is 2.99. The molecule has 6 nitrogen and oxygen atoms in total. The highest BCUT2D eigenvalue weighted by atomic mass is 16.7. The molecule has 1 aromatic carbocycles. The highest BCUT2D eigenvalue weighted by Crippen LogP contribution is 2.39. The summed E-state index contributed by atoms with van der Waals surface area (Å²) in [5.41, 5.74) is 2.23. The highest BCUT2D eigenvalue weighted by Gasteiger charge is 2.46. The molecule has 6 heteroatoms. The molecule has 5 rings (SSSR count). The maximum Gasteiger partial charge on any atom is 0.225 e. The van der Waals surface area contributed by atoms with Gasteiger partial charge in [0, 0.05) is 6.42 Å². The maximum absolute atomic E-state index is 6.00. The number of hydrogen-bond donors (Lipinski definition) is 0.